The van der Waals surface area contributed by atoms with Crippen molar-refractivity contribution in [1.29, 1.82) is 0 Å². The van der Waals surface area contributed by atoms with Crippen molar-refractivity contribution in [1.82, 2.24) is 5.32 Å². The van der Waals surface area contributed by atoms with E-state index >= 15 is 0 Å². The normalized spacial score (nSPS) is 16.8. The summed E-state index contributed by atoms with van der Waals surface area (Å²) in [5, 5.41) is 3.20. The van der Waals surface area contributed by atoms with Crippen molar-refractivity contribution in [3.63, 3.8) is 0 Å². The molecule has 1 aliphatic heterocycles. The van der Waals surface area contributed by atoms with Gasteiger partial charge in [-0.1, -0.05) is 18.2 Å². The minimum atomic E-state index is -0.264. The second-order valence-electron chi connectivity index (χ2n) is 6.51. The van der Waals surface area contributed by atoms with Gasteiger partial charge in [0, 0.05) is 0 Å². The molecule has 4 rings (SSSR count). The number of nitrogens with one attached hydrogen (secondary N) is 1. The standard InChI is InChI=1S/C20H21NO4/c1-23-16-5-2-14(3-6-16)12-19(22)21-20(8-9-20)15-4-7-17-18(13-15)25-11-10-24-17/h2-7,13H,8-12H2,1H3,(H,21,22). The highest BCUT2D eigenvalue weighted by Gasteiger charge is 2.46. The van der Waals surface area contributed by atoms with E-state index in [1.807, 2.05) is 42.5 Å². The summed E-state index contributed by atoms with van der Waals surface area (Å²) >= 11 is 0. The van der Waals surface area contributed by atoms with E-state index in [9.17, 15) is 4.79 Å². The number of rotatable bonds is 5. The Kier molecular flexibility index (Phi) is 3.99. The Morgan fingerprint density at radius 3 is 2.48 bits per heavy atom. The van der Waals surface area contributed by atoms with Crippen LogP contribution in [0.1, 0.15) is 24.0 Å². The number of fused-ring (bicyclic) bond motifs is 1. The maximum Gasteiger partial charge on any atom is 0.225 e. The SMILES string of the molecule is COc1ccc(CC(=O)NC2(c3ccc4c(c3)OCCO4)CC2)cc1. The van der Waals surface area contributed by atoms with Gasteiger partial charge >= 0.3 is 0 Å². The van der Waals surface area contributed by atoms with Crippen LogP contribution in [0.2, 0.25) is 0 Å². The van der Waals surface area contributed by atoms with E-state index in [1.54, 1.807) is 7.11 Å². The third-order valence-corrected chi connectivity index (χ3v) is 4.75. The highest BCUT2D eigenvalue weighted by molar-refractivity contribution is 5.80. The summed E-state index contributed by atoms with van der Waals surface area (Å²) in [5.41, 5.74) is 1.79. The fraction of sp³-hybridized carbons (Fsp3) is 0.350. The molecule has 130 valence electrons. The molecule has 1 aliphatic carbocycles. The minimum Gasteiger partial charge on any atom is -0.497 e. The van der Waals surface area contributed by atoms with Gasteiger partial charge in [-0.15, -0.1) is 0 Å². The van der Waals surface area contributed by atoms with Gasteiger partial charge in [0.1, 0.15) is 19.0 Å². The van der Waals surface area contributed by atoms with Crippen LogP contribution in [0.5, 0.6) is 17.2 Å². The maximum atomic E-state index is 12.5. The molecule has 5 nitrogen and oxygen atoms in total. The molecule has 0 spiro atoms. The van der Waals surface area contributed by atoms with Crippen LogP contribution in [0.15, 0.2) is 42.5 Å². The lowest BCUT2D eigenvalue weighted by Gasteiger charge is -2.22. The molecule has 0 atom stereocenters. The first-order valence-corrected chi connectivity index (χ1v) is 8.53. The number of carbonyl (C=O) groups is 1. The quantitative estimate of drug-likeness (QED) is 0.910. The average molecular weight is 339 g/mol. The summed E-state index contributed by atoms with van der Waals surface area (Å²) < 4.78 is 16.4. The second kappa shape index (κ2) is 6.31. The number of methoxy groups -OCH3 is 1. The summed E-state index contributed by atoms with van der Waals surface area (Å²) in [6.45, 7) is 1.14. The summed E-state index contributed by atoms with van der Waals surface area (Å²) in [5.74, 6) is 2.35. The summed E-state index contributed by atoms with van der Waals surface area (Å²) in [6, 6.07) is 13.5. The molecule has 0 bridgehead atoms. The van der Waals surface area contributed by atoms with Crippen LogP contribution < -0.4 is 19.5 Å². The van der Waals surface area contributed by atoms with Gasteiger partial charge < -0.3 is 19.5 Å². The van der Waals surface area contributed by atoms with Crippen LogP contribution in [0.4, 0.5) is 0 Å². The Morgan fingerprint density at radius 2 is 1.80 bits per heavy atom. The van der Waals surface area contributed by atoms with Gasteiger partial charge in [0.05, 0.1) is 19.1 Å². The zero-order valence-electron chi connectivity index (χ0n) is 14.2. The van der Waals surface area contributed by atoms with Crippen LogP contribution in [-0.4, -0.2) is 26.2 Å². The Morgan fingerprint density at radius 1 is 1.08 bits per heavy atom. The Bertz CT molecular complexity index is 781. The average Bonchev–Trinajstić information content (AvgIpc) is 3.42. The molecule has 1 amide bonds. The molecule has 2 aliphatic rings. The number of benzene rings is 2. The van der Waals surface area contributed by atoms with Gasteiger partial charge in [0.15, 0.2) is 11.5 Å². The molecule has 0 unspecified atom stereocenters. The van der Waals surface area contributed by atoms with Crippen LogP contribution in [0.25, 0.3) is 0 Å². The lowest BCUT2D eigenvalue weighted by Crippen LogP contribution is -2.36. The van der Waals surface area contributed by atoms with Crippen LogP contribution in [0, 0.1) is 0 Å². The molecule has 2 aromatic rings. The van der Waals surface area contributed by atoms with Crippen molar-refractivity contribution in [2.45, 2.75) is 24.8 Å². The summed E-state index contributed by atoms with van der Waals surface area (Å²) in [6.07, 6.45) is 2.25. The number of amides is 1. The van der Waals surface area contributed by atoms with Crippen molar-refractivity contribution in [3.8, 4) is 17.2 Å². The predicted molar refractivity (Wildman–Crippen MR) is 93.2 cm³/mol. The van der Waals surface area contributed by atoms with Crippen molar-refractivity contribution in [2.75, 3.05) is 20.3 Å². The minimum absolute atomic E-state index is 0.0255. The van der Waals surface area contributed by atoms with E-state index in [-0.39, 0.29) is 11.4 Å². The van der Waals surface area contributed by atoms with Gasteiger partial charge in [-0.25, -0.2) is 0 Å². The first-order valence-electron chi connectivity index (χ1n) is 8.53. The van der Waals surface area contributed by atoms with Gasteiger partial charge in [-0.2, -0.15) is 0 Å². The monoisotopic (exact) mass is 339 g/mol. The van der Waals surface area contributed by atoms with Crippen molar-refractivity contribution in [3.05, 3.63) is 53.6 Å². The Balaban J connectivity index is 1.45. The van der Waals surface area contributed by atoms with Crippen molar-refractivity contribution in [2.24, 2.45) is 0 Å². The van der Waals surface area contributed by atoms with Crippen molar-refractivity contribution < 1.29 is 19.0 Å². The number of ether oxygens (including phenoxy) is 3. The maximum absolute atomic E-state index is 12.5. The van der Waals surface area contributed by atoms with Crippen LogP contribution in [-0.2, 0) is 16.8 Å². The van der Waals surface area contributed by atoms with E-state index in [0.29, 0.717) is 19.6 Å². The predicted octanol–water partition coefficient (Wildman–Crippen LogP) is 2.81. The molecule has 0 radical (unpaired) electrons. The molecular weight excluding hydrogens is 318 g/mol. The van der Waals surface area contributed by atoms with Gasteiger partial charge in [-0.05, 0) is 48.2 Å². The van der Waals surface area contributed by atoms with E-state index in [1.165, 1.54) is 0 Å². The van der Waals surface area contributed by atoms with E-state index in [4.69, 9.17) is 14.2 Å². The van der Waals surface area contributed by atoms with Gasteiger partial charge in [-0.3, -0.25) is 4.79 Å². The lowest BCUT2D eigenvalue weighted by atomic mass is 10.0. The number of hydrogen-bond acceptors (Lipinski definition) is 4. The third kappa shape index (κ3) is 3.27. The van der Waals surface area contributed by atoms with E-state index < -0.39 is 0 Å². The molecule has 2 aromatic carbocycles. The topological polar surface area (TPSA) is 56.8 Å². The zero-order chi connectivity index (χ0) is 17.3. The molecule has 5 heteroatoms. The number of carbonyl (C=O) groups excluding carboxylic acids is 1. The van der Waals surface area contributed by atoms with E-state index in [2.05, 4.69) is 5.32 Å². The molecule has 1 N–H and O–H groups in total. The summed E-state index contributed by atoms with van der Waals surface area (Å²) in [7, 11) is 1.63. The van der Waals surface area contributed by atoms with Gasteiger partial charge in [0.25, 0.3) is 0 Å². The fourth-order valence-electron chi connectivity index (χ4n) is 3.19. The molecule has 0 saturated heterocycles. The molecule has 25 heavy (non-hydrogen) atoms. The molecular formula is C20H21NO4. The van der Waals surface area contributed by atoms with Crippen LogP contribution in [0.3, 0.4) is 0 Å². The fourth-order valence-corrected chi connectivity index (χ4v) is 3.19. The molecule has 1 saturated carbocycles. The highest BCUT2D eigenvalue weighted by Crippen LogP contribution is 2.47. The smallest absolute Gasteiger partial charge is 0.225 e. The number of hydrogen-bond donors (Lipinski definition) is 1. The summed E-state index contributed by atoms with van der Waals surface area (Å²) in [4.78, 5) is 12.5. The third-order valence-electron chi connectivity index (χ3n) is 4.75. The molecule has 1 heterocycles. The lowest BCUT2D eigenvalue weighted by molar-refractivity contribution is -0.121. The molecule has 0 aromatic heterocycles. The highest BCUT2D eigenvalue weighted by atomic mass is 16.6. The van der Waals surface area contributed by atoms with Gasteiger partial charge in [0.2, 0.25) is 5.91 Å². The molecule has 1 fully saturated rings. The first kappa shape index (κ1) is 15.8. The zero-order valence-corrected chi connectivity index (χ0v) is 14.2. The Labute approximate surface area is 146 Å². The largest absolute Gasteiger partial charge is 0.497 e. The van der Waals surface area contributed by atoms with E-state index in [0.717, 1.165) is 41.2 Å². The Hall–Kier alpha value is -2.69. The van der Waals surface area contributed by atoms with Crippen molar-refractivity contribution >= 4 is 5.91 Å². The first-order chi connectivity index (χ1) is 12.2. The van der Waals surface area contributed by atoms with Crippen LogP contribution >= 0.6 is 0 Å². The second-order valence-corrected chi connectivity index (χ2v) is 6.51.